The van der Waals surface area contributed by atoms with Crippen LogP contribution in [-0.2, 0) is 10.0 Å². The first-order valence-electron chi connectivity index (χ1n) is 8.61. The molecule has 136 valence electrons. The van der Waals surface area contributed by atoms with Crippen LogP contribution in [0, 0.1) is 0 Å². The average Bonchev–Trinajstić information content (AvgIpc) is 2.53. The van der Waals surface area contributed by atoms with Gasteiger partial charge >= 0.3 is 0 Å². The Morgan fingerprint density at radius 2 is 1.54 bits per heavy atom. The van der Waals surface area contributed by atoms with E-state index in [2.05, 4.69) is 17.6 Å². The lowest BCUT2D eigenvalue weighted by Crippen LogP contribution is -2.29. The molecule has 24 heavy (non-hydrogen) atoms. The highest BCUT2D eigenvalue weighted by atomic mass is 32.2. The molecule has 0 fully saturated rings. The zero-order valence-electron chi connectivity index (χ0n) is 14.4. The number of sulfonamides is 1. The predicted octanol–water partition coefficient (Wildman–Crippen LogP) is 3.76. The number of rotatable bonds is 11. The molecule has 0 atom stereocenters. The van der Waals surface area contributed by atoms with Crippen LogP contribution in [0.15, 0.2) is 29.2 Å². The summed E-state index contributed by atoms with van der Waals surface area (Å²) in [5.74, 6) is 0. The molecule has 0 radical (unpaired) electrons. The molecule has 0 aliphatic rings. The third-order valence-corrected chi connectivity index (χ3v) is 4.93. The molecule has 0 heterocycles. The SMILES string of the molecule is CCCCCCCCCCNC(=S)Nc1ccc(S(N)(=O)=O)cc1. The maximum atomic E-state index is 11.2. The fourth-order valence-electron chi connectivity index (χ4n) is 2.36. The molecule has 0 bridgehead atoms. The van der Waals surface area contributed by atoms with E-state index in [1.807, 2.05) is 0 Å². The van der Waals surface area contributed by atoms with E-state index in [1.165, 1.54) is 57.1 Å². The Hall–Kier alpha value is -1.18. The van der Waals surface area contributed by atoms with Crippen molar-refractivity contribution in [3.05, 3.63) is 24.3 Å². The van der Waals surface area contributed by atoms with Crippen LogP contribution >= 0.6 is 12.2 Å². The van der Waals surface area contributed by atoms with Crippen molar-refractivity contribution in [3.8, 4) is 0 Å². The molecule has 1 aromatic carbocycles. The van der Waals surface area contributed by atoms with Gasteiger partial charge in [0, 0.05) is 12.2 Å². The summed E-state index contributed by atoms with van der Waals surface area (Å²) in [5.41, 5.74) is 0.732. The zero-order valence-corrected chi connectivity index (χ0v) is 16.0. The molecular weight excluding hydrogens is 342 g/mol. The fourth-order valence-corrected chi connectivity index (χ4v) is 3.10. The van der Waals surface area contributed by atoms with E-state index in [0.717, 1.165) is 18.7 Å². The van der Waals surface area contributed by atoms with Crippen molar-refractivity contribution in [1.82, 2.24) is 5.32 Å². The predicted molar refractivity (Wildman–Crippen MR) is 105 cm³/mol. The van der Waals surface area contributed by atoms with Crippen LogP contribution in [0.2, 0.25) is 0 Å². The fraction of sp³-hybridized carbons (Fsp3) is 0.588. The maximum Gasteiger partial charge on any atom is 0.238 e. The van der Waals surface area contributed by atoms with Crippen molar-refractivity contribution in [2.45, 2.75) is 63.2 Å². The molecule has 7 heteroatoms. The molecule has 0 aliphatic heterocycles. The van der Waals surface area contributed by atoms with Crippen molar-refractivity contribution in [2.24, 2.45) is 5.14 Å². The highest BCUT2D eigenvalue weighted by Gasteiger charge is 2.06. The van der Waals surface area contributed by atoms with E-state index in [-0.39, 0.29) is 4.90 Å². The van der Waals surface area contributed by atoms with Crippen LogP contribution in [-0.4, -0.2) is 20.1 Å². The summed E-state index contributed by atoms with van der Waals surface area (Å²) >= 11 is 5.23. The number of primary sulfonamides is 1. The number of nitrogens with two attached hydrogens (primary N) is 1. The average molecular weight is 372 g/mol. The van der Waals surface area contributed by atoms with Gasteiger partial charge in [-0.05, 0) is 42.9 Å². The number of benzene rings is 1. The lowest BCUT2D eigenvalue weighted by Gasteiger charge is -2.10. The highest BCUT2D eigenvalue weighted by molar-refractivity contribution is 7.89. The normalized spacial score (nSPS) is 11.2. The molecule has 5 nitrogen and oxygen atoms in total. The molecular formula is C17H29N3O2S2. The summed E-state index contributed by atoms with van der Waals surface area (Å²) in [5, 5.41) is 11.8. The van der Waals surface area contributed by atoms with Gasteiger partial charge in [0.15, 0.2) is 5.11 Å². The topological polar surface area (TPSA) is 84.2 Å². The Labute approximate surface area is 151 Å². The Morgan fingerprint density at radius 1 is 1.00 bits per heavy atom. The molecule has 1 aromatic rings. The van der Waals surface area contributed by atoms with E-state index < -0.39 is 10.0 Å². The summed E-state index contributed by atoms with van der Waals surface area (Å²) in [7, 11) is -3.66. The first kappa shape index (κ1) is 20.9. The third kappa shape index (κ3) is 9.20. The molecule has 0 unspecified atom stereocenters. The van der Waals surface area contributed by atoms with Gasteiger partial charge in [-0.15, -0.1) is 0 Å². The minimum Gasteiger partial charge on any atom is -0.362 e. The Morgan fingerprint density at radius 3 is 2.08 bits per heavy atom. The molecule has 1 rings (SSSR count). The second-order valence-electron chi connectivity index (χ2n) is 5.93. The van der Waals surface area contributed by atoms with Gasteiger partial charge in [0.05, 0.1) is 4.90 Å². The molecule has 4 N–H and O–H groups in total. The van der Waals surface area contributed by atoms with Gasteiger partial charge in [-0.25, -0.2) is 13.6 Å². The van der Waals surface area contributed by atoms with E-state index in [1.54, 1.807) is 12.1 Å². The molecule has 0 saturated heterocycles. The standard InChI is InChI=1S/C17H29N3O2S2/c1-2-3-4-5-6-7-8-9-14-19-17(23)20-15-10-12-16(13-11-15)24(18,21)22/h10-13H,2-9,14H2,1H3,(H2,18,21,22)(H2,19,20,23). The van der Waals surface area contributed by atoms with Gasteiger partial charge in [-0.1, -0.05) is 51.9 Å². The lowest BCUT2D eigenvalue weighted by atomic mass is 10.1. The summed E-state index contributed by atoms with van der Waals surface area (Å²) in [4.78, 5) is 0.0888. The minimum atomic E-state index is -3.66. The van der Waals surface area contributed by atoms with Crippen LogP contribution in [0.25, 0.3) is 0 Å². The van der Waals surface area contributed by atoms with Crippen LogP contribution in [0.3, 0.4) is 0 Å². The van der Waals surface area contributed by atoms with Gasteiger partial charge in [-0.3, -0.25) is 0 Å². The van der Waals surface area contributed by atoms with Crippen LogP contribution < -0.4 is 15.8 Å². The second kappa shape index (κ2) is 11.4. The van der Waals surface area contributed by atoms with E-state index in [9.17, 15) is 8.42 Å². The first-order chi connectivity index (χ1) is 11.4. The smallest absolute Gasteiger partial charge is 0.238 e. The van der Waals surface area contributed by atoms with Crippen LogP contribution in [0.4, 0.5) is 5.69 Å². The summed E-state index contributed by atoms with van der Waals surface area (Å²) in [6.07, 6.45) is 10.2. The minimum absolute atomic E-state index is 0.0888. The number of hydrogen-bond acceptors (Lipinski definition) is 3. The third-order valence-electron chi connectivity index (χ3n) is 3.76. The molecule has 0 amide bonds. The largest absolute Gasteiger partial charge is 0.362 e. The van der Waals surface area contributed by atoms with Gasteiger partial charge in [-0.2, -0.15) is 0 Å². The number of anilines is 1. The van der Waals surface area contributed by atoms with Gasteiger partial charge < -0.3 is 10.6 Å². The molecule has 0 aromatic heterocycles. The Bertz CT molecular complexity index is 586. The van der Waals surface area contributed by atoms with Crippen LogP contribution in [0.5, 0.6) is 0 Å². The lowest BCUT2D eigenvalue weighted by molar-refractivity contribution is 0.573. The van der Waals surface area contributed by atoms with Gasteiger partial charge in [0.2, 0.25) is 10.0 Å². The monoisotopic (exact) mass is 371 g/mol. The summed E-state index contributed by atoms with van der Waals surface area (Å²) in [6, 6.07) is 6.20. The van der Waals surface area contributed by atoms with Crippen molar-refractivity contribution in [1.29, 1.82) is 0 Å². The second-order valence-corrected chi connectivity index (χ2v) is 7.89. The molecule has 0 saturated carbocycles. The maximum absolute atomic E-state index is 11.2. The van der Waals surface area contributed by atoms with E-state index >= 15 is 0 Å². The molecule has 0 spiro atoms. The van der Waals surface area contributed by atoms with Crippen molar-refractivity contribution in [2.75, 3.05) is 11.9 Å². The zero-order chi connectivity index (χ0) is 17.8. The van der Waals surface area contributed by atoms with Crippen LogP contribution in [0.1, 0.15) is 58.3 Å². The summed E-state index contributed by atoms with van der Waals surface area (Å²) in [6.45, 7) is 3.08. The Kier molecular flexibility index (Phi) is 9.90. The van der Waals surface area contributed by atoms with Crippen molar-refractivity contribution in [3.63, 3.8) is 0 Å². The van der Waals surface area contributed by atoms with Gasteiger partial charge in [0.25, 0.3) is 0 Å². The van der Waals surface area contributed by atoms with Crippen molar-refractivity contribution < 1.29 is 8.42 Å². The number of nitrogens with one attached hydrogen (secondary N) is 2. The van der Waals surface area contributed by atoms with E-state index in [4.69, 9.17) is 17.4 Å². The Balaban J connectivity index is 2.14. The highest BCUT2D eigenvalue weighted by Crippen LogP contribution is 2.12. The first-order valence-corrected chi connectivity index (χ1v) is 10.6. The van der Waals surface area contributed by atoms with Crippen molar-refractivity contribution >= 4 is 33.0 Å². The number of hydrogen-bond donors (Lipinski definition) is 3. The van der Waals surface area contributed by atoms with E-state index in [0.29, 0.717) is 5.11 Å². The van der Waals surface area contributed by atoms with Gasteiger partial charge in [0.1, 0.15) is 0 Å². The molecule has 0 aliphatic carbocycles. The quantitative estimate of drug-likeness (QED) is 0.407. The summed E-state index contributed by atoms with van der Waals surface area (Å²) < 4.78 is 22.4. The number of thiocarbonyl (C=S) groups is 1. The number of unbranched alkanes of at least 4 members (excludes halogenated alkanes) is 7.